The lowest BCUT2D eigenvalue weighted by molar-refractivity contribution is -0.130. The number of carbonyl (C=O) groups excluding carboxylic acids is 2. The van der Waals surface area contributed by atoms with Crippen molar-refractivity contribution < 1.29 is 14.3 Å². The van der Waals surface area contributed by atoms with E-state index in [1.54, 1.807) is 14.0 Å². The second kappa shape index (κ2) is 7.28. The molecule has 14 heavy (non-hydrogen) atoms. The maximum atomic E-state index is 11.2. The van der Waals surface area contributed by atoms with Crippen LogP contribution in [0.4, 0.5) is 4.79 Å². The summed E-state index contributed by atoms with van der Waals surface area (Å²) in [4.78, 5) is 21.9. The van der Waals surface area contributed by atoms with E-state index in [0.29, 0.717) is 13.2 Å². The molecule has 0 aliphatic rings. The van der Waals surface area contributed by atoms with Crippen molar-refractivity contribution in [3.63, 3.8) is 0 Å². The minimum Gasteiger partial charge on any atom is -0.367 e. The van der Waals surface area contributed by atoms with Crippen molar-refractivity contribution >= 4 is 11.9 Å². The van der Waals surface area contributed by atoms with Crippen molar-refractivity contribution in [2.45, 2.75) is 13.0 Å². The Balaban J connectivity index is 3.70. The molecule has 1 unspecified atom stereocenters. The van der Waals surface area contributed by atoms with Gasteiger partial charge in [0.2, 0.25) is 0 Å². The Labute approximate surface area is 83.4 Å². The zero-order valence-electron chi connectivity index (χ0n) is 8.72. The number of nitrogens with one attached hydrogen (secondary N) is 3. The van der Waals surface area contributed by atoms with Crippen molar-refractivity contribution in [2.24, 2.45) is 0 Å². The molecule has 0 heterocycles. The van der Waals surface area contributed by atoms with Crippen molar-refractivity contribution in [1.82, 2.24) is 16.0 Å². The number of imide groups is 1. The second-order valence-electron chi connectivity index (χ2n) is 2.68. The van der Waals surface area contributed by atoms with Crippen molar-refractivity contribution in [3.05, 3.63) is 0 Å². The highest BCUT2D eigenvalue weighted by Crippen LogP contribution is 1.89. The third-order valence-corrected chi connectivity index (χ3v) is 1.55. The number of hydrogen-bond acceptors (Lipinski definition) is 4. The molecular formula is C8H17N3O3. The minimum atomic E-state index is -0.624. The number of likely N-dealkylation sites (N-methyl/N-ethyl adjacent to an activating group) is 1. The smallest absolute Gasteiger partial charge is 0.321 e. The van der Waals surface area contributed by atoms with Crippen LogP contribution < -0.4 is 16.0 Å². The number of urea groups is 1. The van der Waals surface area contributed by atoms with Gasteiger partial charge in [-0.2, -0.15) is 0 Å². The van der Waals surface area contributed by atoms with Crippen LogP contribution in [0.15, 0.2) is 0 Å². The quantitative estimate of drug-likeness (QED) is 0.504. The molecule has 0 aromatic rings. The lowest BCUT2D eigenvalue weighted by atomic mass is 10.4. The Morgan fingerprint density at radius 2 is 2.00 bits per heavy atom. The van der Waals surface area contributed by atoms with E-state index >= 15 is 0 Å². The monoisotopic (exact) mass is 203 g/mol. The maximum Gasteiger partial charge on any atom is 0.321 e. The molecule has 0 bridgehead atoms. The summed E-state index contributed by atoms with van der Waals surface area (Å²) in [5.74, 6) is -0.444. The highest BCUT2D eigenvalue weighted by atomic mass is 16.5. The predicted octanol–water partition coefficient (Wildman–Crippen LogP) is -0.933. The summed E-state index contributed by atoms with van der Waals surface area (Å²) in [6, 6.07) is -0.529. The van der Waals surface area contributed by atoms with Crippen molar-refractivity contribution in [2.75, 3.05) is 27.2 Å². The molecule has 1 atom stereocenters. The van der Waals surface area contributed by atoms with Crippen LogP contribution in [-0.2, 0) is 9.53 Å². The molecule has 0 saturated heterocycles. The Morgan fingerprint density at radius 1 is 1.36 bits per heavy atom. The molecule has 6 nitrogen and oxygen atoms in total. The van der Waals surface area contributed by atoms with Gasteiger partial charge in [-0.1, -0.05) is 0 Å². The molecule has 0 fully saturated rings. The first-order chi connectivity index (χ1) is 6.61. The number of ether oxygens (including phenoxy) is 1. The summed E-state index contributed by atoms with van der Waals surface area (Å²) in [5, 5.41) is 7.28. The highest BCUT2D eigenvalue weighted by Gasteiger charge is 2.14. The second-order valence-corrected chi connectivity index (χ2v) is 2.68. The van der Waals surface area contributed by atoms with E-state index in [1.165, 1.54) is 7.05 Å². The van der Waals surface area contributed by atoms with Crippen LogP contribution in [0.2, 0.25) is 0 Å². The van der Waals surface area contributed by atoms with Crippen LogP contribution in [0.25, 0.3) is 0 Å². The van der Waals surface area contributed by atoms with Gasteiger partial charge < -0.3 is 15.4 Å². The van der Waals surface area contributed by atoms with E-state index in [1.807, 2.05) is 0 Å². The standard InChI is InChI=1S/C8H17N3O3/c1-6(14-5-4-9-2)7(12)11-8(13)10-3/h6,9H,4-5H2,1-3H3,(H2,10,11,12,13). The molecule has 0 rings (SSSR count). The predicted molar refractivity (Wildman–Crippen MR) is 51.9 cm³/mol. The van der Waals surface area contributed by atoms with E-state index in [0.717, 1.165) is 0 Å². The fourth-order valence-electron chi connectivity index (χ4n) is 0.689. The largest absolute Gasteiger partial charge is 0.367 e. The van der Waals surface area contributed by atoms with Crippen molar-refractivity contribution in [1.29, 1.82) is 0 Å². The lowest BCUT2D eigenvalue weighted by Gasteiger charge is -2.11. The molecule has 0 aromatic carbocycles. The summed E-state index contributed by atoms with van der Waals surface area (Å²) in [5.41, 5.74) is 0. The fraction of sp³-hybridized carbons (Fsp3) is 0.750. The van der Waals surface area contributed by atoms with Gasteiger partial charge in [-0.25, -0.2) is 4.79 Å². The summed E-state index contributed by atoms with van der Waals surface area (Å²) in [6.45, 7) is 2.68. The van der Waals surface area contributed by atoms with E-state index in [4.69, 9.17) is 4.74 Å². The van der Waals surface area contributed by atoms with Gasteiger partial charge in [-0.15, -0.1) is 0 Å². The van der Waals surface area contributed by atoms with Crippen LogP contribution >= 0.6 is 0 Å². The lowest BCUT2D eigenvalue weighted by Crippen LogP contribution is -2.43. The van der Waals surface area contributed by atoms with E-state index in [-0.39, 0.29) is 0 Å². The SMILES string of the molecule is CNCCOC(C)C(=O)NC(=O)NC. The summed E-state index contributed by atoms with van der Waals surface area (Å²) in [6.07, 6.45) is -0.624. The van der Waals surface area contributed by atoms with Crippen LogP contribution in [0.3, 0.4) is 0 Å². The van der Waals surface area contributed by atoms with E-state index in [2.05, 4.69) is 16.0 Å². The molecule has 82 valence electrons. The number of carbonyl (C=O) groups is 2. The highest BCUT2D eigenvalue weighted by molar-refractivity contribution is 5.96. The van der Waals surface area contributed by atoms with Gasteiger partial charge in [0.1, 0.15) is 6.10 Å². The van der Waals surface area contributed by atoms with Gasteiger partial charge >= 0.3 is 6.03 Å². The Morgan fingerprint density at radius 3 is 2.50 bits per heavy atom. The van der Waals surface area contributed by atoms with Gasteiger partial charge in [0, 0.05) is 13.6 Å². The molecule has 6 heteroatoms. The topological polar surface area (TPSA) is 79.5 Å². The van der Waals surface area contributed by atoms with Crippen LogP contribution in [0.1, 0.15) is 6.92 Å². The summed E-state index contributed by atoms with van der Waals surface area (Å²) in [7, 11) is 3.23. The van der Waals surface area contributed by atoms with Crippen LogP contribution in [0.5, 0.6) is 0 Å². The molecule has 3 N–H and O–H groups in total. The van der Waals surface area contributed by atoms with Gasteiger partial charge in [0.25, 0.3) is 5.91 Å². The molecule has 0 spiro atoms. The molecule has 0 aliphatic heterocycles. The average molecular weight is 203 g/mol. The Kier molecular flexibility index (Phi) is 6.69. The third-order valence-electron chi connectivity index (χ3n) is 1.55. The van der Waals surface area contributed by atoms with Crippen LogP contribution in [0, 0.1) is 0 Å². The first kappa shape index (κ1) is 12.9. The molecule has 0 aromatic heterocycles. The fourth-order valence-corrected chi connectivity index (χ4v) is 0.689. The Hall–Kier alpha value is -1.14. The van der Waals surface area contributed by atoms with Gasteiger partial charge in [-0.05, 0) is 14.0 Å². The average Bonchev–Trinajstić information content (AvgIpc) is 2.17. The first-order valence-electron chi connectivity index (χ1n) is 4.40. The van der Waals surface area contributed by atoms with Gasteiger partial charge in [0.15, 0.2) is 0 Å². The molecular weight excluding hydrogens is 186 g/mol. The van der Waals surface area contributed by atoms with E-state index < -0.39 is 18.0 Å². The van der Waals surface area contributed by atoms with Crippen LogP contribution in [-0.4, -0.2) is 45.3 Å². The number of rotatable bonds is 5. The zero-order valence-corrected chi connectivity index (χ0v) is 8.72. The number of amides is 3. The molecule has 0 aliphatic carbocycles. The van der Waals surface area contributed by atoms with E-state index in [9.17, 15) is 9.59 Å². The third kappa shape index (κ3) is 5.50. The van der Waals surface area contributed by atoms with Crippen molar-refractivity contribution in [3.8, 4) is 0 Å². The first-order valence-corrected chi connectivity index (χ1v) is 4.40. The minimum absolute atomic E-state index is 0.429. The Bertz CT molecular complexity index is 196. The number of hydrogen-bond donors (Lipinski definition) is 3. The summed E-state index contributed by atoms with van der Waals surface area (Å²) < 4.78 is 5.14. The molecule has 3 amide bonds. The van der Waals surface area contributed by atoms with Gasteiger partial charge in [0.05, 0.1) is 6.61 Å². The molecule has 0 saturated carbocycles. The zero-order chi connectivity index (χ0) is 11.0. The van der Waals surface area contributed by atoms with Gasteiger partial charge in [-0.3, -0.25) is 10.1 Å². The molecule has 0 radical (unpaired) electrons. The normalized spacial score (nSPS) is 11.9. The summed E-state index contributed by atoms with van der Waals surface area (Å²) >= 11 is 0. The maximum absolute atomic E-state index is 11.2.